The van der Waals surface area contributed by atoms with Gasteiger partial charge in [-0.05, 0) is 31.9 Å². The van der Waals surface area contributed by atoms with Gasteiger partial charge in [-0.15, -0.1) is 0 Å². The van der Waals surface area contributed by atoms with E-state index in [1.807, 2.05) is 0 Å². The van der Waals surface area contributed by atoms with E-state index in [2.05, 4.69) is 0 Å². The maximum atomic E-state index is 13.5. The van der Waals surface area contributed by atoms with Gasteiger partial charge in [-0.25, -0.2) is 4.39 Å². The van der Waals surface area contributed by atoms with Crippen LogP contribution in [0.25, 0.3) is 0 Å². The first kappa shape index (κ1) is 15.3. The summed E-state index contributed by atoms with van der Waals surface area (Å²) in [5.41, 5.74) is 5.26. The Morgan fingerprint density at radius 1 is 1.33 bits per heavy atom. The van der Waals surface area contributed by atoms with Crippen LogP contribution in [0.2, 0.25) is 0 Å². The second kappa shape index (κ2) is 6.56. The average Bonchev–Trinajstić information content (AvgIpc) is 2.49. The van der Waals surface area contributed by atoms with Crippen LogP contribution in [-0.2, 0) is 9.59 Å². The van der Waals surface area contributed by atoms with E-state index in [4.69, 9.17) is 10.5 Å². The fourth-order valence-corrected chi connectivity index (χ4v) is 2.42. The van der Waals surface area contributed by atoms with Crippen molar-refractivity contribution in [3.63, 3.8) is 0 Å². The van der Waals surface area contributed by atoms with Gasteiger partial charge in [-0.3, -0.25) is 9.59 Å². The van der Waals surface area contributed by atoms with Crippen molar-refractivity contribution < 1.29 is 18.7 Å². The summed E-state index contributed by atoms with van der Waals surface area (Å²) in [6.45, 7) is 2.53. The number of hydrogen-bond donors (Lipinski definition) is 1. The van der Waals surface area contributed by atoms with Crippen LogP contribution in [0.1, 0.15) is 19.8 Å². The molecule has 2 amide bonds. The Balaban J connectivity index is 1.92. The molecule has 0 bridgehead atoms. The second-order valence-corrected chi connectivity index (χ2v) is 5.19. The predicted octanol–water partition coefficient (Wildman–Crippen LogP) is 1.32. The molecule has 1 atom stereocenters. The van der Waals surface area contributed by atoms with Gasteiger partial charge in [0, 0.05) is 19.0 Å². The minimum absolute atomic E-state index is 0.0605. The van der Waals surface area contributed by atoms with Crippen LogP contribution < -0.4 is 10.5 Å². The lowest BCUT2D eigenvalue weighted by Crippen LogP contribution is -2.46. The molecule has 1 heterocycles. The highest BCUT2D eigenvalue weighted by Crippen LogP contribution is 2.20. The van der Waals surface area contributed by atoms with Gasteiger partial charge in [-0.2, -0.15) is 0 Å². The number of ether oxygens (including phenoxy) is 1. The number of hydrogen-bond acceptors (Lipinski definition) is 3. The number of nitrogens with zero attached hydrogens (tertiary/aromatic N) is 1. The number of carbonyl (C=O) groups is 2. The molecule has 0 aliphatic carbocycles. The van der Waals surface area contributed by atoms with Gasteiger partial charge in [0.2, 0.25) is 5.91 Å². The number of likely N-dealkylation sites (tertiary alicyclic amines) is 1. The molecular weight excluding hydrogens is 275 g/mol. The smallest absolute Gasteiger partial charge is 0.263 e. The van der Waals surface area contributed by atoms with Gasteiger partial charge >= 0.3 is 0 Å². The first-order chi connectivity index (χ1) is 9.99. The summed E-state index contributed by atoms with van der Waals surface area (Å²) in [5, 5.41) is 0. The Hall–Kier alpha value is -2.11. The van der Waals surface area contributed by atoms with Gasteiger partial charge in [0.25, 0.3) is 5.91 Å². The molecule has 1 aliphatic rings. The number of benzene rings is 1. The van der Waals surface area contributed by atoms with E-state index < -0.39 is 11.9 Å². The minimum Gasteiger partial charge on any atom is -0.478 e. The SMILES string of the molecule is C[C@H](Oc1ccccc1F)C(=O)N1CCC(C(N)=O)CC1. The zero-order chi connectivity index (χ0) is 15.4. The highest BCUT2D eigenvalue weighted by Gasteiger charge is 2.29. The van der Waals surface area contributed by atoms with Crippen LogP contribution >= 0.6 is 0 Å². The van der Waals surface area contributed by atoms with E-state index in [0.29, 0.717) is 25.9 Å². The Labute approximate surface area is 122 Å². The summed E-state index contributed by atoms with van der Waals surface area (Å²) in [5.74, 6) is -1.13. The second-order valence-electron chi connectivity index (χ2n) is 5.19. The summed E-state index contributed by atoms with van der Waals surface area (Å²) in [7, 11) is 0. The van der Waals surface area contributed by atoms with Gasteiger partial charge in [0.15, 0.2) is 17.7 Å². The van der Waals surface area contributed by atoms with Crippen LogP contribution in [0, 0.1) is 11.7 Å². The molecule has 0 unspecified atom stereocenters. The molecule has 5 nitrogen and oxygen atoms in total. The van der Waals surface area contributed by atoms with Crippen molar-refractivity contribution in [2.75, 3.05) is 13.1 Å². The van der Waals surface area contributed by atoms with Crippen LogP contribution in [0.5, 0.6) is 5.75 Å². The van der Waals surface area contributed by atoms with Crippen molar-refractivity contribution in [1.82, 2.24) is 4.90 Å². The molecule has 0 radical (unpaired) electrons. The molecule has 6 heteroatoms. The molecule has 21 heavy (non-hydrogen) atoms. The number of carbonyl (C=O) groups excluding carboxylic acids is 2. The number of para-hydroxylation sites is 1. The standard InChI is InChI=1S/C15H19FN2O3/c1-10(21-13-5-3-2-4-12(13)16)15(20)18-8-6-11(7-9-18)14(17)19/h2-5,10-11H,6-9H2,1H3,(H2,17,19)/t10-/m0/s1. The molecule has 1 saturated heterocycles. The van der Waals surface area contributed by atoms with E-state index in [1.165, 1.54) is 12.1 Å². The third-order valence-electron chi connectivity index (χ3n) is 3.70. The van der Waals surface area contributed by atoms with Crippen molar-refractivity contribution in [3.8, 4) is 5.75 Å². The molecule has 1 fully saturated rings. The normalized spacial score (nSPS) is 17.3. The topological polar surface area (TPSA) is 72.6 Å². The maximum absolute atomic E-state index is 13.5. The fraction of sp³-hybridized carbons (Fsp3) is 0.467. The number of amides is 2. The number of nitrogens with two attached hydrogens (primary N) is 1. The highest BCUT2D eigenvalue weighted by atomic mass is 19.1. The van der Waals surface area contributed by atoms with E-state index in [0.717, 1.165) is 0 Å². The molecule has 1 aromatic carbocycles. The lowest BCUT2D eigenvalue weighted by molar-refractivity contribution is -0.140. The number of halogens is 1. The van der Waals surface area contributed by atoms with Gasteiger partial charge < -0.3 is 15.4 Å². The van der Waals surface area contributed by atoms with Crippen molar-refractivity contribution >= 4 is 11.8 Å². The fourth-order valence-electron chi connectivity index (χ4n) is 2.42. The Morgan fingerprint density at radius 3 is 2.52 bits per heavy atom. The molecule has 2 rings (SSSR count). The first-order valence-corrected chi connectivity index (χ1v) is 6.98. The lowest BCUT2D eigenvalue weighted by Gasteiger charge is -2.32. The summed E-state index contributed by atoms with van der Waals surface area (Å²) in [4.78, 5) is 25.0. The number of piperidine rings is 1. The predicted molar refractivity (Wildman–Crippen MR) is 75.0 cm³/mol. The average molecular weight is 294 g/mol. The van der Waals surface area contributed by atoms with E-state index >= 15 is 0 Å². The third kappa shape index (κ3) is 3.71. The Bertz CT molecular complexity index is 527. The highest BCUT2D eigenvalue weighted by molar-refractivity contribution is 5.82. The Morgan fingerprint density at radius 2 is 1.95 bits per heavy atom. The zero-order valence-corrected chi connectivity index (χ0v) is 11.9. The van der Waals surface area contributed by atoms with Crippen molar-refractivity contribution in [2.24, 2.45) is 11.7 Å². The summed E-state index contributed by atoms with van der Waals surface area (Å²) >= 11 is 0. The van der Waals surface area contributed by atoms with Crippen molar-refractivity contribution in [2.45, 2.75) is 25.9 Å². The van der Waals surface area contributed by atoms with Crippen LogP contribution in [0.15, 0.2) is 24.3 Å². The summed E-state index contributed by atoms with van der Waals surface area (Å²) in [6.07, 6.45) is 0.355. The molecule has 114 valence electrons. The van der Waals surface area contributed by atoms with Gasteiger partial charge in [0.1, 0.15) is 0 Å². The largest absolute Gasteiger partial charge is 0.478 e. The number of rotatable bonds is 4. The third-order valence-corrected chi connectivity index (χ3v) is 3.70. The molecule has 0 spiro atoms. The molecule has 1 aromatic rings. The zero-order valence-electron chi connectivity index (χ0n) is 11.9. The maximum Gasteiger partial charge on any atom is 0.263 e. The van der Waals surface area contributed by atoms with E-state index in [-0.39, 0.29) is 23.5 Å². The van der Waals surface area contributed by atoms with Crippen LogP contribution in [-0.4, -0.2) is 35.9 Å². The van der Waals surface area contributed by atoms with Crippen molar-refractivity contribution in [1.29, 1.82) is 0 Å². The van der Waals surface area contributed by atoms with Gasteiger partial charge in [0.05, 0.1) is 0 Å². The minimum atomic E-state index is -0.771. The first-order valence-electron chi connectivity index (χ1n) is 6.98. The quantitative estimate of drug-likeness (QED) is 0.910. The van der Waals surface area contributed by atoms with E-state index in [9.17, 15) is 14.0 Å². The van der Waals surface area contributed by atoms with Crippen LogP contribution in [0.3, 0.4) is 0 Å². The van der Waals surface area contributed by atoms with Crippen molar-refractivity contribution in [3.05, 3.63) is 30.1 Å². The lowest BCUT2D eigenvalue weighted by atomic mass is 9.96. The molecular formula is C15H19FN2O3. The molecule has 1 aliphatic heterocycles. The monoisotopic (exact) mass is 294 g/mol. The summed E-state index contributed by atoms with van der Waals surface area (Å²) in [6, 6.07) is 5.97. The molecule has 0 saturated carbocycles. The number of primary amides is 1. The van der Waals surface area contributed by atoms with E-state index in [1.54, 1.807) is 24.0 Å². The summed E-state index contributed by atoms with van der Waals surface area (Å²) < 4.78 is 18.9. The Kier molecular flexibility index (Phi) is 4.77. The van der Waals surface area contributed by atoms with Crippen LogP contribution in [0.4, 0.5) is 4.39 Å². The van der Waals surface area contributed by atoms with Gasteiger partial charge in [-0.1, -0.05) is 12.1 Å². The molecule has 0 aromatic heterocycles. The molecule has 2 N–H and O–H groups in total.